The highest BCUT2D eigenvalue weighted by atomic mass is 15.0. The average Bonchev–Trinajstić information content (AvgIpc) is 3.59. The molecule has 10 rings (SSSR count). The minimum atomic E-state index is -0.140. The Hall–Kier alpha value is -6.45. The largest absolute Gasteiger partial charge is 0.208 e. The molecule has 3 nitrogen and oxygen atoms in total. The van der Waals surface area contributed by atoms with E-state index in [9.17, 15) is 0 Å². The highest BCUT2D eigenvalue weighted by Gasteiger charge is 2.41. The third kappa shape index (κ3) is 5.07. The van der Waals surface area contributed by atoms with Gasteiger partial charge >= 0.3 is 0 Å². The van der Waals surface area contributed by atoms with Crippen molar-refractivity contribution in [3.63, 3.8) is 0 Å². The number of hydrogen-bond donors (Lipinski definition) is 0. The molecule has 0 spiro atoms. The summed E-state index contributed by atoms with van der Waals surface area (Å²) in [4.78, 5) is 15.1. The molecular formula is C51H39N3. The zero-order valence-electron chi connectivity index (χ0n) is 30.9. The molecule has 0 amide bonds. The third-order valence-electron chi connectivity index (χ3n) is 11.7. The number of hydrogen-bond acceptors (Lipinski definition) is 3. The van der Waals surface area contributed by atoms with Gasteiger partial charge in [0.15, 0.2) is 17.5 Å². The molecule has 0 saturated heterocycles. The second-order valence-corrected chi connectivity index (χ2v) is 15.7. The first-order valence-electron chi connectivity index (χ1n) is 18.8. The predicted molar refractivity (Wildman–Crippen MR) is 222 cm³/mol. The molecule has 2 aliphatic carbocycles. The fourth-order valence-corrected chi connectivity index (χ4v) is 8.74. The first-order valence-corrected chi connectivity index (χ1v) is 18.8. The molecule has 8 aromatic rings. The molecule has 1 heterocycles. The molecule has 7 aromatic carbocycles. The smallest absolute Gasteiger partial charge is 0.164 e. The Labute approximate surface area is 317 Å². The number of fused-ring (bicyclic) bond motifs is 6. The quantitative estimate of drug-likeness (QED) is 0.180. The van der Waals surface area contributed by atoms with Gasteiger partial charge in [-0.3, -0.25) is 0 Å². The van der Waals surface area contributed by atoms with Crippen molar-refractivity contribution in [2.75, 3.05) is 0 Å². The van der Waals surface area contributed by atoms with Gasteiger partial charge in [-0.05, 0) is 91.0 Å². The number of benzene rings is 7. The standard InChI is InChI=1S/C51H39N3/c1-50(2)43-21-12-11-20-39(43)41-30-46-42(31-45(41)50)40-27-26-37(29-44(40)51(46,3)4)36-18-13-19-38(28-36)49-53-47(34-16-9-6-10-17-34)52-48(54-49)35-24-22-33(23-25-35)32-14-7-5-8-15-32/h5-31H,1-4H3. The van der Waals surface area contributed by atoms with Crippen LogP contribution >= 0.6 is 0 Å². The van der Waals surface area contributed by atoms with E-state index in [1.54, 1.807) is 0 Å². The van der Waals surface area contributed by atoms with Gasteiger partial charge in [0.2, 0.25) is 0 Å². The molecule has 3 heteroatoms. The van der Waals surface area contributed by atoms with Crippen molar-refractivity contribution in [3.05, 3.63) is 186 Å². The van der Waals surface area contributed by atoms with E-state index in [1.807, 2.05) is 24.3 Å². The maximum Gasteiger partial charge on any atom is 0.164 e. The van der Waals surface area contributed by atoms with Crippen LogP contribution in [0.2, 0.25) is 0 Å². The zero-order chi connectivity index (χ0) is 36.6. The van der Waals surface area contributed by atoms with Crippen molar-refractivity contribution in [1.29, 1.82) is 0 Å². The Kier molecular flexibility index (Phi) is 7.19. The number of aromatic nitrogens is 3. The minimum Gasteiger partial charge on any atom is -0.208 e. The molecule has 0 atom stereocenters. The van der Waals surface area contributed by atoms with Crippen molar-refractivity contribution in [1.82, 2.24) is 15.0 Å². The predicted octanol–water partition coefficient (Wildman–Crippen LogP) is 12.8. The zero-order valence-corrected chi connectivity index (χ0v) is 30.9. The van der Waals surface area contributed by atoms with Crippen LogP contribution in [0.3, 0.4) is 0 Å². The summed E-state index contributed by atoms with van der Waals surface area (Å²) in [6.07, 6.45) is 0. The lowest BCUT2D eigenvalue weighted by molar-refractivity contribution is 0.652. The summed E-state index contributed by atoms with van der Waals surface area (Å²) >= 11 is 0. The SMILES string of the molecule is CC1(C)c2ccccc2-c2cc3c(cc21)-c1ccc(-c2cccc(-c4nc(-c5ccccc5)nc(-c5ccc(-c6ccccc6)cc5)n4)c2)cc1C3(C)C. The summed E-state index contributed by atoms with van der Waals surface area (Å²) in [6.45, 7) is 9.47. The molecule has 0 N–H and O–H groups in total. The first-order chi connectivity index (χ1) is 26.3. The second-order valence-electron chi connectivity index (χ2n) is 15.7. The molecule has 0 aliphatic heterocycles. The van der Waals surface area contributed by atoms with Gasteiger partial charge in [0.05, 0.1) is 0 Å². The number of rotatable bonds is 5. The minimum absolute atomic E-state index is 0.0326. The van der Waals surface area contributed by atoms with E-state index in [0.717, 1.165) is 27.8 Å². The van der Waals surface area contributed by atoms with Crippen LogP contribution < -0.4 is 0 Å². The lowest BCUT2D eigenvalue weighted by Gasteiger charge is -2.24. The summed E-state index contributed by atoms with van der Waals surface area (Å²) in [5.41, 5.74) is 18.4. The summed E-state index contributed by atoms with van der Waals surface area (Å²) in [6, 6.07) is 58.6. The molecule has 0 radical (unpaired) electrons. The van der Waals surface area contributed by atoms with Gasteiger partial charge in [0.1, 0.15) is 0 Å². The molecule has 1 aromatic heterocycles. The molecule has 0 unspecified atom stereocenters. The van der Waals surface area contributed by atoms with Crippen LogP contribution in [-0.2, 0) is 10.8 Å². The lowest BCUT2D eigenvalue weighted by atomic mass is 9.79. The third-order valence-corrected chi connectivity index (χ3v) is 11.7. The summed E-state index contributed by atoms with van der Waals surface area (Å²) in [5, 5.41) is 0. The van der Waals surface area contributed by atoms with E-state index in [2.05, 4.69) is 167 Å². The second kappa shape index (κ2) is 12.0. The van der Waals surface area contributed by atoms with Crippen LogP contribution in [0.4, 0.5) is 0 Å². The lowest BCUT2D eigenvalue weighted by Crippen LogP contribution is -2.17. The molecule has 258 valence electrons. The van der Waals surface area contributed by atoms with E-state index < -0.39 is 0 Å². The summed E-state index contributed by atoms with van der Waals surface area (Å²) in [5.74, 6) is 1.96. The van der Waals surface area contributed by atoms with Crippen molar-refractivity contribution >= 4 is 0 Å². The highest BCUT2D eigenvalue weighted by Crippen LogP contribution is 2.56. The Balaban J connectivity index is 1.04. The van der Waals surface area contributed by atoms with Gasteiger partial charge in [-0.25, -0.2) is 15.0 Å². The Morgan fingerprint density at radius 2 is 0.685 bits per heavy atom. The maximum atomic E-state index is 5.08. The highest BCUT2D eigenvalue weighted by molar-refractivity contribution is 5.90. The van der Waals surface area contributed by atoms with Gasteiger partial charge in [-0.2, -0.15) is 0 Å². The average molecular weight is 694 g/mol. The molecule has 0 fully saturated rings. The normalized spacial score (nSPS) is 14.2. The van der Waals surface area contributed by atoms with Gasteiger partial charge in [-0.15, -0.1) is 0 Å². The fourth-order valence-electron chi connectivity index (χ4n) is 8.74. The van der Waals surface area contributed by atoms with Gasteiger partial charge in [-0.1, -0.05) is 167 Å². The van der Waals surface area contributed by atoms with Crippen LogP contribution in [0.25, 0.3) is 78.7 Å². The van der Waals surface area contributed by atoms with Crippen LogP contribution in [0, 0.1) is 0 Å². The van der Waals surface area contributed by atoms with Gasteiger partial charge < -0.3 is 0 Å². The van der Waals surface area contributed by atoms with Crippen molar-refractivity contribution in [3.8, 4) is 78.7 Å². The fraction of sp³-hybridized carbons (Fsp3) is 0.118. The van der Waals surface area contributed by atoms with Crippen LogP contribution in [0.1, 0.15) is 49.9 Å². The molecule has 0 bridgehead atoms. The van der Waals surface area contributed by atoms with Crippen LogP contribution in [-0.4, -0.2) is 15.0 Å². The van der Waals surface area contributed by atoms with Crippen molar-refractivity contribution < 1.29 is 0 Å². The monoisotopic (exact) mass is 693 g/mol. The van der Waals surface area contributed by atoms with E-state index in [1.165, 1.54) is 55.6 Å². The molecule has 2 aliphatic rings. The number of nitrogens with zero attached hydrogens (tertiary/aromatic N) is 3. The Morgan fingerprint density at radius 3 is 1.35 bits per heavy atom. The topological polar surface area (TPSA) is 38.7 Å². The molecular weight excluding hydrogens is 655 g/mol. The Bertz CT molecular complexity index is 2740. The van der Waals surface area contributed by atoms with E-state index in [-0.39, 0.29) is 10.8 Å². The van der Waals surface area contributed by atoms with Crippen molar-refractivity contribution in [2.24, 2.45) is 0 Å². The van der Waals surface area contributed by atoms with E-state index >= 15 is 0 Å². The first kappa shape index (κ1) is 32.2. The van der Waals surface area contributed by atoms with Crippen LogP contribution in [0.5, 0.6) is 0 Å². The van der Waals surface area contributed by atoms with Gasteiger partial charge in [0.25, 0.3) is 0 Å². The van der Waals surface area contributed by atoms with Crippen LogP contribution in [0.15, 0.2) is 164 Å². The van der Waals surface area contributed by atoms with Crippen molar-refractivity contribution in [2.45, 2.75) is 38.5 Å². The maximum absolute atomic E-state index is 5.08. The Morgan fingerprint density at radius 1 is 0.278 bits per heavy atom. The van der Waals surface area contributed by atoms with E-state index in [4.69, 9.17) is 15.0 Å². The molecule has 0 saturated carbocycles. The molecule has 54 heavy (non-hydrogen) atoms. The van der Waals surface area contributed by atoms with E-state index in [0.29, 0.717) is 17.5 Å². The summed E-state index contributed by atoms with van der Waals surface area (Å²) in [7, 11) is 0. The summed E-state index contributed by atoms with van der Waals surface area (Å²) < 4.78 is 0. The van der Waals surface area contributed by atoms with Gasteiger partial charge in [0, 0.05) is 27.5 Å².